The molecule has 0 aromatic rings. The van der Waals surface area contributed by atoms with Crippen molar-refractivity contribution < 1.29 is 4.79 Å². The molecule has 5 heteroatoms. The summed E-state index contributed by atoms with van der Waals surface area (Å²) >= 11 is 1.83. The molecule has 1 saturated heterocycles. The lowest BCUT2D eigenvalue weighted by Crippen LogP contribution is -2.51. The molecule has 116 valence electrons. The van der Waals surface area contributed by atoms with Crippen molar-refractivity contribution in [2.75, 3.05) is 39.5 Å². The van der Waals surface area contributed by atoms with Crippen LogP contribution in [0.1, 0.15) is 38.5 Å². The van der Waals surface area contributed by atoms with E-state index in [1.165, 1.54) is 38.5 Å². The molecule has 1 aliphatic carbocycles. The van der Waals surface area contributed by atoms with E-state index >= 15 is 0 Å². The smallest absolute Gasteiger partial charge is 0.230 e. The maximum Gasteiger partial charge on any atom is 0.230 e. The van der Waals surface area contributed by atoms with Crippen LogP contribution in [0.2, 0.25) is 0 Å². The van der Waals surface area contributed by atoms with E-state index in [1.54, 1.807) is 0 Å². The standard InChI is InChI=1S/C15H29N3OS/c1-18(2)15(7-3-4-8-15)12-17-14(19)11-20-13-5-9-16-10-6-13/h13,16H,3-12H2,1-2H3,(H,17,19). The lowest BCUT2D eigenvalue weighted by Gasteiger charge is -2.36. The van der Waals surface area contributed by atoms with Crippen LogP contribution in [0.3, 0.4) is 0 Å². The van der Waals surface area contributed by atoms with Crippen LogP contribution in [-0.2, 0) is 4.79 Å². The van der Waals surface area contributed by atoms with Gasteiger partial charge in [-0.1, -0.05) is 12.8 Å². The van der Waals surface area contributed by atoms with Crippen molar-refractivity contribution in [2.24, 2.45) is 0 Å². The second-order valence-corrected chi connectivity index (χ2v) is 7.65. The Bertz CT molecular complexity index is 310. The fourth-order valence-corrected chi connectivity index (χ4v) is 4.34. The van der Waals surface area contributed by atoms with Gasteiger partial charge in [-0.2, -0.15) is 0 Å². The lowest BCUT2D eigenvalue weighted by atomic mass is 9.96. The Morgan fingerprint density at radius 1 is 1.30 bits per heavy atom. The molecule has 0 aromatic carbocycles. The molecule has 2 N–H and O–H groups in total. The second-order valence-electron chi connectivity index (χ2n) is 6.36. The fraction of sp³-hybridized carbons (Fsp3) is 0.933. The van der Waals surface area contributed by atoms with E-state index < -0.39 is 0 Å². The zero-order chi connectivity index (χ0) is 14.4. The van der Waals surface area contributed by atoms with Gasteiger partial charge in [-0.05, 0) is 52.9 Å². The van der Waals surface area contributed by atoms with E-state index in [-0.39, 0.29) is 11.4 Å². The Labute approximate surface area is 127 Å². The van der Waals surface area contributed by atoms with Crippen LogP contribution in [0.4, 0.5) is 0 Å². The Balaban J connectivity index is 1.68. The first-order chi connectivity index (χ1) is 9.62. The predicted octanol–water partition coefficient (Wildman–Crippen LogP) is 1.46. The van der Waals surface area contributed by atoms with Gasteiger partial charge in [0, 0.05) is 17.3 Å². The molecule has 1 aliphatic heterocycles. The van der Waals surface area contributed by atoms with E-state index in [4.69, 9.17) is 0 Å². The number of nitrogens with zero attached hydrogens (tertiary/aromatic N) is 1. The number of piperidine rings is 1. The zero-order valence-electron chi connectivity index (χ0n) is 12.9. The number of rotatable bonds is 6. The van der Waals surface area contributed by atoms with Gasteiger partial charge in [0.15, 0.2) is 0 Å². The summed E-state index contributed by atoms with van der Waals surface area (Å²) < 4.78 is 0. The summed E-state index contributed by atoms with van der Waals surface area (Å²) in [4.78, 5) is 14.3. The Morgan fingerprint density at radius 3 is 2.55 bits per heavy atom. The second kappa shape index (κ2) is 7.66. The first kappa shape index (κ1) is 16.1. The quantitative estimate of drug-likeness (QED) is 0.779. The maximum absolute atomic E-state index is 12.0. The minimum absolute atomic E-state index is 0.203. The molecule has 0 radical (unpaired) electrons. The summed E-state index contributed by atoms with van der Waals surface area (Å²) in [5.74, 6) is 0.829. The van der Waals surface area contributed by atoms with Crippen molar-refractivity contribution in [1.29, 1.82) is 0 Å². The molecule has 20 heavy (non-hydrogen) atoms. The number of carbonyl (C=O) groups is 1. The number of nitrogens with one attached hydrogen (secondary N) is 2. The normalized spacial score (nSPS) is 23.1. The van der Waals surface area contributed by atoms with Gasteiger partial charge < -0.3 is 15.5 Å². The van der Waals surface area contributed by atoms with Crippen LogP contribution >= 0.6 is 11.8 Å². The highest BCUT2D eigenvalue weighted by atomic mass is 32.2. The third-order valence-corrected chi connectivity index (χ3v) is 6.21. The van der Waals surface area contributed by atoms with Crippen LogP contribution in [0.5, 0.6) is 0 Å². The molecule has 0 spiro atoms. The molecule has 0 bridgehead atoms. The van der Waals surface area contributed by atoms with Crippen molar-refractivity contribution in [1.82, 2.24) is 15.5 Å². The fourth-order valence-electron chi connectivity index (χ4n) is 3.29. The molecular formula is C15H29N3OS. The SMILES string of the molecule is CN(C)C1(CNC(=O)CSC2CCNCC2)CCCC1. The summed E-state index contributed by atoms with van der Waals surface area (Å²) in [7, 11) is 4.28. The summed E-state index contributed by atoms with van der Waals surface area (Å²) in [6.07, 6.45) is 7.39. The molecule has 2 rings (SSSR count). The Morgan fingerprint density at radius 2 is 1.95 bits per heavy atom. The number of likely N-dealkylation sites (N-methyl/N-ethyl adjacent to an activating group) is 1. The molecule has 1 heterocycles. The highest BCUT2D eigenvalue weighted by Crippen LogP contribution is 2.33. The molecule has 2 fully saturated rings. The average molecular weight is 299 g/mol. The van der Waals surface area contributed by atoms with Crippen molar-refractivity contribution in [3.63, 3.8) is 0 Å². The first-order valence-electron chi connectivity index (χ1n) is 7.89. The molecule has 4 nitrogen and oxygen atoms in total. The third kappa shape index (κ3) is 4.37. The van der Waals surface area contributed by atoms with Crippen LogP contribution in [0.15, 0.2) is 0 Å². The van der Waals surface area contributed by atoms with Crippen molar-refractivity contribution >= 4 is 17.7 Å². The summed E-state index contributed by atoms with van der Waals surface area (Å²) in [6, 6.07) is 0. The van der Waals surface area contributed by atoms with Crippen molar-refractivity contribution in [3.05, 3.63) is 0 Å². The highest BCUT2D eigenvalue weighted by Gasteiger charge is 2.36. The largest absolute Gasteiger partial charge is 0.354 e. The molecule has 0 atom stereocenters. The van der Waals surface area contributed by atoms with Crippen LogP contribution in [0.25, 0.3) is 0 Å². The molecule has 0 unspecified atom stereocenters. The summed E-state index contributed by atoms with van der Waals surface area (Å²) in [5, 5.41) is 7.20. The van der Waals surface area contributed by atoms with Crippen LogP contribution < -0.4 is 10.6 Å². The van der Waals surface area contributed by atoms with Gasteiger partial charge in [-0.25, -0.2) is 0 Å². The molecule has 1 saturated carbocycles. The van der Waals surface area contributed by atoms with E-state index in [2.05, 4.69) is 29.6 Å². The third-order valence-electron chi connectivity index (χ3n) is 4.83. The van der Waals surface area contributed by atoms with Gasteiger partial charge in [0.1, 0.15) is 0 Å². The van der Waals surface area contributed by atoms with Crippen molar-refractivity contribution in [3.8, 4) is 0 Å². The molecule has 1 amide bonds. The number of thioether (sulfide) groups is 1. The van der Waals surface area contributed by atoms with Gasteiger partial charge in [0.05, 0.1) is 5.75 Å². The maximum atomic E-state index is 12.0. The minimum Gasteiger partial charge on any atom is -0.354 e. The minimum atomic E-state index is 0.203. The predicted molar refractivity (Wildman–Crippen MR) is 86.2 cm³/mol. The zero-order valence-corrected chi connectivity index (χ0v) is 13.7. The Kier molecular flexibility index (Phi) is 6.18. The van der Waals surface area contributed by atoms with Gasteiger partial charge in [0.25, 0.3) is 0 Å². The van der Waals surface area contributed by atoms with Crippen LogP contribution in [-0.4, -0.2) is 61.1 Å². The number of hydrogen-bond acceptors (Lipinski definition) is 4. The van der Waals surface area contributed by atoms with Gasteiger partial charge in [-0.15, -0.1) is 11.8 Å². The van der Waals surface area contributed by atoms with E-state index in [0.29, 0.717) is 11.0 Å². The highest BCUT2D eigenvalue weighted by molar-refractivity contribution is 8.00. The van der Waals surface area contributed by atoms with Gasteiger partial charge in [0.2, 0.25) is 5.91 Å². The summed E-state index contributed by atoms with van der Waals surface area (Å²) in [5.41, 5.74) is 0.203. The van der Waals surface area contributed by atoms with E-state index in [9.17, 15) is 4.79 Å². The van der Waals surface area contributed by atoms with Crippen LogP contribution in [0, 0.1) is 0 Å². The monoisotopic (exact) mass is 299 g/mol. The lowest BCUT2D eigenvalue weighted by molar-refractivity contribution is -0.119. The topological polar surface area (TPSA) is 44.4 Å². The van der Waals surface area contributed by atoms with E-state index in [1.807, 2.05) is 11.8 Å². The molecule has 2 aliphatic rings. The Hall–Kier alpha value is -0.260. The first-order valence-corrected chi connectivity index (χ1v) is 8.94. The number of hydrogen-bond donors (Lipinski definition) is 2. The van der Waals surface area contributed by atoms with E-state index in [0.717, 1.165) is 19.6 Å². The average Bonchev–Trinajstić information content (AvgIpc) is 2.94. The number of carbonyl (C=O) groups excluding carboxylic acids is 1. The van der Waals surface area contributed by atoms with Gasteiger partial charge in [-0.3, -0.25) is 4.79 Å². The number of amides is 1. The summed E-state index contributed by atoms with van der Waals surface area (Å²) in [6.45, 7) is 3.01. The van der Waals surface area contributed by atoms with Crippen molar-refractivity contribution in [2.45, 2.75) is 49.3 Å². The molecule has 0 aromatic heterocycles. The molecular weight excluding hydrogens is 270 g/mol. The van der Waals surface area contributed by atoms with Gasteiger partial charge >= 0.3 is 0 Å².